The first-order valence-electron chi connectivity index (χ1n) is 10.9. The molecule has 0 atom stereocenters. The summed E-state index contributed by atoms with van der Waals surface area (Å²) in [7, 11) is 0. The molecular weight excluding hydrogens is 408 g/mol. The zero-order valence-corrected chi connectivity index (χ0v) is 19.1. The fraction of sp³-hybridized carbons (Fsp3) is 0.417. The Hall–Kier alpha value is -2.51. The van der Waals surface area contributed by atoms with E-state index in [0.29, 0.717) is 12.4 Å². The molecule has 164 valence electrons. The fourth-order valence-corrected chi connectivity index (χ4v) is 4.71. The van der Waals surface area contributed by atoms with Crippen LogP contribution in [0.1, 0.15) is 24.5 Å². The number of aromatic nitrogens is 2. The van der Waals surface area contributed by atoms with Gasteiger partial charge in [-0.05, 0) is 43.5 Å². The van der Waals surface area contributed by atoms with Crippen LogP contribution < -0.4 is 4.74 Å². The molecule has 0 saturated carbocycles. The highest BCUT2D eigenvalue weighted by Gasteiger charge is 2.20. The Morgan fingerprint density at radius 3 is 2.87 bits per heavy atom. The number of nitrogens with zero attached hydrogens (tertiary/aromatic N) is 3. The number of aryl methyl sites for hydroxylation is 1. The van der Waals surface area contributed by atoms with E-state index in [1.165, 1.54) is 22.9 Å². The number of aromatic amines is 1. The van der Waals surface area contributed by atoms with Crippen molar-refractivity contribution in [2.24, 2.45) is 0 Å². The number of fused-ring (bicyclic) bond motifs is 1. The lowest BCUT2D eigenvalue weighted by molar-refractivity contribution is -0.128. The number of hydrogen-bond donors (Lipinski definition) is 1. The van der Waals surface area contributed by atoms with Gasteiger partial charge in [0, 0.05) is 38.8 Å². The smallest absolute Gasteiger partial charge is 0.233 e. The molecule has 0 aliphatic carbocycles. The summed E-state index contributed by atoms with van der Waals surface area (Å²) in [6, 6.07) is 14.4. The molecule has 3 aromatic rings. The second kappa shape index (κ2) is 10.2. The number of benzene rings is 2. The minimum Gasteiger partial charge on any atom is -0.494 e. The van der Waals surface area contributed by atoms with Gasteiger partial charge >= 0.3 is 0 Å². The number of amides is 1. The van der Waals surface area contributed by atoms with Crippen molar-refractivity contribution in [2.75, 3.05) is 38.5 Å². The number of imidazole rings is 1. The molecule has 1 N–H and O–H groups in total. The molecule has 1 fully saturated rings. The summed E-state index contributed by atoms with van der Waals surface area (Å²) in [6.45, 7) is 9.25. The summed E-state index contributed by atoms with van der Waals surface area (Å²) < 4.78 is 5.55. The van der Waals surface area contributed by atoms with Crippen LogP contribution in [0.3, 0.4) is 0 Å². The maximum atomic E-state index is 12.8. The van der Waals surface area contributed by atoms with E-state index in [9.17, 15) is 4.79 Å². The van der Waals surface area contributed by atoms with Crippen LogP contribution >= 0.6 is 11.8 Å². The Labute approximate surface area is 188 Å². The zero-order valence-electron chi connectivity index (χ0n) is 18.3. The number of nitrogens with one attached hydrogen (secondary N) is 1. The summed E-state index contributed by atoms with van der Waals surface area (Å²) in [5, 5.41) is 0.771. The largest absolute Gasteiger partial charge is 0.494 e. The summed E-state index contributed by atoms with van der Waals surface area (Å²) in [6.07, 6.45) is 1.01. The third-order valence-corrected chi connectivity index (χ3v) is 6.53. The first-order valence-corrected chi connectivity index (χ1v) is 11.9. The highest BCUT2D eigenvalue weighted by molar-refractivity contribution is 7.99. The molecule has 0 radical (unpaired) electrons. The van der Waals surface area contributed by atoms with Crippen molar-refractivity contribution in [3.63, 3.8) is 0 Å². The maximum absolute atomic E-state index is 12.8. The number of carbonyl (C=O) groups is 1. The van der Waals surface area contributed by atoms with Crippen molar-refractivity contribution in [1.29, 1.82) is 0 Å². The Kier molecular flexibility index (Phi) is 7.14. The number of H-pyrrole nitrogens is 1. The second-order valence-corrected chi connectivity index (χ2v) is 8.84. The lowest BCUT2D eigenvalue weighted by Gasteiger charge is -2.22. The van der Waals surface area contributed by atoms with Crippen LogP contribution in [0.4, 0.5) is 0 Å². The zero-order chi connectivity index (χ0) is 21.6. The van der Waals surface area contributed by atoms with Crippen LogP contribution in [-0.2, 0) is 11.3 Å². The van der Waals surface area contributed by atoms with E-state index in [2.05, 4.69) is 46.1 Å². The minimum atomic E-state index is 0.179. The van der Waals surface area contributed by atoms with Gasteiger partial charge in [-0.2, -0.15) is 0 Å². The van der Waals surface area contributed by atoms with Crippen LogP contribution in [-0.4, -0.2) is 64.2 Å². The number of rotatable bonds is 7. The Bertz CT molecular complexity index is 1040. The Balaban J connectivity index is 1.30. The van der Waals surface area contributed by atoms with E-state index >= 15 is 0 Å². The monoisotopic (exact) mass is 438 g/mol. The van der Waals surface area contributed by atoms with Gasteiger partial charge in [-0.3, -0.25) is 9.69 Å². The Morgan fingerprint density at radius 2 is 2.03 bits per heavy atom. The topological polar surface area (TPSA) is 61.5 Å². The van der Waals surface area contributed by atoms with Crippen LogP contribution in [0.15, 0.2) is 47.6 Å². The SMILES string of the molecule is CCOc1ccc2nc(SCC(=O)N3CCCN(Cc4ccccc4C)CC3)[nH]c2c1. The van der Waals surface area contributed by atoms with Gasteiger partial charge in [-0.25, -0.2) is 4.98 Å². The molecule has 1 aliphatic rings. The van der Waals surface area contributed by atoms with Crippen LogP contribution in [0.2, 0.25) is 0 Å². The molecule has 1 amide bonds. The molecule has 2 heterocycles. The molecule has 4 rings (SSSR count). The third kappa shape index (κ3) is 5.60. The lowest BCUT2D eigenvalue weighted by atomic mass is 10.1. The van der Waals surface area contributed by atoms with Crippen LogP contribution in [0.5, 0.6) is 5.75 Å². The summed E-state index contributed by atoms with van der Waals surface area (Å²) >= 11 is 1.47. The average molecular weight is 439 g/mol. The van der Waals surface area contributed by atoms with Gasteiger partial charge in [-0.15, -0.1) is 0 Å². The molecule has 1 aliphatic heterocycles. The van der Waals surface area contributed by atoms with Crippen molar-refractivity contribution >= 4 is 28.7 Å². The number of thioether (sulfide) groups is 1. The second-order valence-electron chi connectivity index (χ2n) is 7.88. The van der Waals surface area contributed by atoms with Crippen molar-refractivity contribution in [1.82, 2.24) is 19.8 Å². The van der Waals surface area contributed by atoms with Gasteiger partial charge in [0.05, 0.1) is 23.4 Å². The van der Waals surface area contributed by atoms with Gasteiger partial charge < -0.3 is 14.6 Å². The highest BCUT2D eigenvalue weighted by Crippen LogP contribution is 2.24. The van der Waals surface area contributed by atoms with Gasteiger partial charge in [-0.1, -0.05) is 36.0 Å². The summed E-state index contributed by atoms with van der Waals surface area (Å²) in [4.78, 5) is 25.2. The van der Waals surface area contributed by atoms with Crippen LogP contribution in [0.25, 0.3) is 11.0 Å². The van der Waals surface area contributed by atoms with Crippen LogP contribution in [0, 0.1) is 6.92 Å². The van der Waals surface area contributed by atoms with E-state index in [4.69, 9.17) is 4.74 Å². The van der Waals surface area contributed by atoms with E-state index in [0.717, 1.165) is 61.1 Å². The quantitative estimate of drug-likeness (QED) is 0.563. The molecule has 2 aromatic carbocycles. The van der Waals surface area contributed by atoms with Gasteiger partial charge in [0.15, 0.2) is 5.16 Å². The van der Waals surface area contributed by atoms with Crippen molar-refractivity contribution in [2.45, 2.75) is 32.0 Å². The fourth-order valence-electron chi connectivity index (χ4n) is 3.92. The van der Waals surface area contributed by atoms with E-state index in [1.54, 1.807) is 0 Å². The molecule has 7 heteroatoms. The normalized spacial score (nSPS) is 15.2. The molecule has 0 unspecified atom stereocenters. The number of hydrogen-bond acceptors (Lipinski definition) is 5. The first-order chi connectivity index (χ1) is 15.1. The molecule has 1 aromatic heterocycles. The molecule has 0 bridgehead atoms. The maximum Gasteiger partial charge on any atom is 0.233 e. The molecule has 1 saturated heterocycles. The van der Waals surface area contributed by atoms with E-state index in [1.807, 2.05) is 30.0 Å². The Morgan fingerprint density at radius 1 is 1.16 bits per heavy atom. The standard InChI is InChI=1S/C24H30N4O2S/c1-3-30-20-9-10-21-22(15-20)26-24(25-21)31-17-23(29)28-12-6-11-27(13-14-28)16-19-8-5-4-7-18(19)2/h4-5,7-10,15H,3,6,11-14,16-17H2,1-2H3,(H,25,26). The first kappa shape index (κ1) is 21.7. The molecular formula is C24H30N4O2S. The minimum absolute atomic E-state index is 0.179. The van der Waals surface area contributed by atoms with Gasteiger partial charge in [0.25, 0.3) is 0 Å². The van der Waals surface area contributed by atoms with Gasteiger partial charge in [0.1, 0.15) is 5.75 Å². The highest BCUT2D eigenvalue weighted by atomic mass is 32.2. The van der Waals surface area contributed by atoms with E-state index in [-0.39, 0.29) is 5.91 Å². The van der Waals surface area contributed by atoms with E-state index < -0.39 is 0 Å². The van der Waals surface area contributed by atoms with Crippen molar-refractivity contribution in [3.05, 3.63) is 53.6 Å². The third-order valence-electron chi connectivity index (χ3n) is 5.67. The molecule has 6 nitrogen and oxygen atoms in total. The molecule has 0 spiro atoms. The lowest BCUT2D eigenvalue weighted by Crippen LogP contribution is -2.36. The summed E-state index contributed by atoms with van der Waals surface area (Å²) in [5.41, 5.74) is 4.52. The number of ether oxygens (including phenoxy) is 1. The van der Waals surface area contributed by atoms with Gasteiger partial charge in [0.2, 0.25) is 5.91 Å². The predicted molar refractivity (Wildman–Crippen MR) is 126 cm³/mol. The van der Waals surface area contributed by atoms with Crippen molar-refractivity contribution in [3.8, 4) is 5.75 Å². The average Bonchev–Trinajstić information content (AvgIpc) is 3.03. The summed E-state index contributed by atoms with van der Waals surface area (Å²) in [5.74, 6) is 1.40. The van der Waals surface area contributed by atoms with Crippen molar-refractivity contribution < 1.29 is 9.53 Å². The molecule has 31 heavy (non-hydrogen) atoms. The number of carbonyl (C=O) groups excluding carboxylic acids is 1. The predicted octanol–water partition coefficient (Wildman–Crippen LogP) is 4.10.